The minimum Gasteiger partial charge on any atom is -0.322 e. The Kier molecular flexibility index (Phi) is 4.42. The molecule has 130 valence electrons. The van der Waals surface area contributed by atoms with Crippen molar-refractivity contribution in [2.45, 2.75) is 24.8 Å². The number of carbonyl (C=O) groups is 2. The lowest BCUT2D eigenvalue weighted by Crippen LogP contribution is -2.36. The van der Waals surface area contributed by atoms with E-state index in [1.807, 2.05) is 6.07 Å². The van der Waals surface area contributed by atoms with Crippen LogP contribution in [0.1, 0.15) is 34.6 Å². The number of nitrogens with zero attached hydrogens (tertiary/aromatic N) is 1. The van der Waals surface area contributed by atoms with Crippen molar-refractivity contribution in [3.63, 3.8) is 0 Å². The molecule has 2 aromatic rings. The summed E-state index contributed by atoms with van der Waals surface area (Å²) in [4.78, 5) is 24.6. The quantitative estimate of drug-likeness (QED) is 0.822. The molecule has 1 heterocycles. The van der Waals surface area contributed by atoms with E-state index < -0.39 is 27.9 Å². The van der Waals surface area contributed by atoms with Gasteiger partial charge in [-0.2, -0.15) is 0 Å². The molecule has 0 radical (unpaired) electrons. The zero-order valence-electron chi connectivity index (χ0n) is 13.5. The Labute approximate surface area is 154 Å². The number of anilines is 1. The largest absolute Gasteiger partial charge is 0.322 e. The van der Waals surface area contributed by atoms with Gasteiger partial charge in [0.05, 0.1) is 5.56 Å². The zero-order valence-corrected chi connectivity index (χ0v) is 15.9. The molecular formula is C17H15BrN2O4S. The third-order valence-electron chi connectivity index (χ3n) is 3.76. The summed E-state index contributed by atoms with van der Waals surface area (Å²) in [7, 11) is -3.93. The van der Waals surface area contributed by atoms with Crippen LogP contribution in [0, 0.1) is 0 Å². The number of hydrogen-bond acceptors (Lipinski definition) is 4. The molecule has 0 saturated carbocycles. The van der Waals surface area contributed by atoms with Crippen molar-refractivity contribution >= 4 is 43.5 Å². The summed E-state index contributed by atoms with van der Waals surface area (Å²) in [6, 6.07) is 10.6. The fourth-order valence-electron chi connectivity index (χ4n) is 2.67. The number of hydrogen-bond donors (Lipinski definition) is 1. The molecule has 8 heteroatoms. The Bertz CT molecular complexity index is 986. The fraction of sp³-hybridized carbons (Fsp3) is 0.176. The number of benzene rings is 2. The Morgan fingerprint density at radius 1 is 1.16 bits per heavy atom. The third kappa shape index (κ3) is 3.07. The average Bonchev–Trinajstić information content (AvgIpc) is 2.73. The van der Waals surface area contributed by atoms with E-state index in [0.29, 0.717) is 5.69 Å². The fourth-order valence-corrected chi connectivity index (χ4v) is 4.86. The van der Waals surface area contributed by atoms with Gasteiger partial charge in [-0.05, 0) is 50.2 Å². The van der Waals surface area contributed by atoms with Gasteiger partial charge in [0.15, 0.2) is 0 Å². The first-order valence-electron chi connectivity index (χ1n) is 7.51. The van der Waals surface area contributed by atoms with E-state index in [0.717, 1.165) is 8.78 Å². The molecule has 0 atom stereocenters. The van der Waals surface area contributed by atoms with Gasteiger partial charge in [0.1, 0.15) is 4.90 Å². The molecule has 0 unspecified atom stereocenters. The van der Waals surface area contributed by atoms with E-state index in [1.165, 1.54) is 18.2 Å². The summed E-state index contributed by atoms with van der Waals surface area (Å²) < 4.78 is 26.8. The van der Waals surface area contributed by atoms with Gasteiger partial charge in [-0.3, -0.25) is 9.59 Å². The molecule has 1 aliphatic rings. The van der Waals surface area contributed by atoms with Crippen LogP contribution in [0.15, 0.2) is 51.8 Å². The molecule has 0 fully saturated rings. The van der Waals surface area contributed by atoms with Crippen LogP contribution in [0.25, 0.3) is 0 Å². The lowest BCUT2D eigenvalue weighted by Gasteiger charge is -2.18. The molecule has 0 bridgehead atoms. The third-order valence-corrected chi connectivity index (χ3v) is 6.25. The van der Waals surface area contributed by atoms with Crippen LogP contribution in [0.2, 0.25) is 0 Å². The van der Waals surface area contributed by atoms with Gasteiger partial charge in [-0.1, -0.05) is 22.0 Å². The highest BCUT2D eigenvalue weighted by atomic mass is 79.9. The lowest BCUT2D eigenvalue weighted by molar-refractivity contribution is 0.0846. The van der Waals surface area contributed by atoms with Crippen LogP contribution in [-0.2, 0) is 10.0 Å². The lowest BCUT2D eigenvalue weighted by atomic mass is 10.1. The number of sulfonamides is 1. The minimum absolute atomic E-state index is 0.0905. The van der Waals surface area contributed by atoms with Crippen LogP contribution in [0.4, 0.5) is 5.69 Å². The van der Waals surface area contributed by atoms with Gasteiger partial charge < -0.3 is 5.32 Å². The van der Waals surface area contributed by atoms with Crippen molar-refractivity contribution in [2.75, 3.05) is 5.32 Å². The van der Waals surface area contributed by atoms with Gasteiger partial charge in [0.25, 0.3) is 21.8 Å². The minimum atomic E-state index is -3.93. The number of rotatable bonds is 3. The highest BCUT2D eigenvalue weighted by Crippen LogP contribution is 2.32. The van der Waals surface area contributed by atoms with Crippen molar-refractivity contribution in [3.05, 3.63) is 58.1 Å². The monoisotopic (exact) mass is 422 g/mol. The molecule has 1 aliphatic heterocycles. The molecule has 0 aromatic heterocycles. The SMILES string of the molecule is CC(C)N1C(=O)c2ccc(C(=O)Nc3cccc(Br)c3)cc2S1(=O)=O. The zero-order chi connectivity index (χ0) is 18.4. The Morgan fingerprint density at radius 3 is 2.52 bits per heavy atom. The molecule has 0 aliphatic carbocycles. The molecule has 6 nitrogen and oxygen atoms in total. The van der Waals surface area contributed by atoms with E-state index in [4.69, 9.17) is 0 Å². The predicted octanol–water partition coefficient (Wildman–Crippen LogP) is 3.25. The van der Waals surface area contributed by atoms with Crippen molar-refractivity contribution in [1.82, 2.24) is 4.31 Å². The van der Waals surface area contributed by atoms with Gasteiger partial charge in [0, 0.05) is 21.8 Å². The number of nitrogens with one attached hydrogen (secondary N) is 1. The second-order valence-electron chi connectivity index (χ2n) is 5.88. The second-order valence-corrected chi connectivity index (χ2v) is 8.57. The van der Waals surface area contributed by atoms with E-state index in [2.05, 4.69) is 21.2 Å². The van der Waals surface area contributed by atoms with Crippen LogP contribution in [0.5, 0.6) is 0 Å². The van der Waals surface area contributed by atoms with Crippen molar-refractivity contribution in [3.8, 4) is 0 Å². The summed E-state index contributed by atoms with van der Waals surface area (Å²) in [6.45, 7) is 3.25. The standard InChI is InChI=1S/C17H15BrN2O4S/c1-10(2)20-17(22)14-7-6-11(8-15(14)25(20,23)24)16(21)19-13-5-3-4-12(18)9-13/h3-10H,1-2H3,(H,19,21). The first kappa shape index (κ1) is 17.6. The maximum absolute atomic E-state index is 12.6. The first-order chi connectivity index (χ1) is 11.7. The Balaban J connectivity index is 1.96. The molecule has 0 saturated heterocycles. The van der Waals surface area contributed by atoms with E-state index >= 15 is 0 Å². The smallest absolute Gasteiger partial charge is 0.269 e. The average molecular weight is 423 g/mol. The van der Waals surface area contributed by atoms with E-state index in [9.17, 15) is 18.0 Å². The summed E-state index contributed by atoms with van der Waals surface area (Å²) in [5.74, 6) is -1.02. The van der Waals surface area contributed by atoms with Gasteiger partial charge in [0.2, 0.25) is 0 Å². The number of fused-ring (bicyclic) bond motifs is 1. The summed E-state index contributed by atoms with van der Waals surface area (Å²) in [5, 5.41) is 2.70. The van der Waals surface area contributed by atoms with Crippen molar-refractivity contribution in [1.29, 1.82) is 0 Å². The van der Waals surface area contributed by atoms with Crippen LogP contribution in [0.3, 0.4) is 0 Å². The summed E-state index contributed by atoms with van der Waals surface area (Å²) >= 11 is 3.32. The molecule has 1 N–H and O–H groups in total. The highest BCUT2D eigenvalue weighted by molar-refractivity contribution is 9.10. The number of halogens is 1. The Morgan fingerprint density at radius 2 is 1.88 bits per heavy atom. The topological polar surface area (TPSA) is 83.6 Å². The molecule has 2 amide bonds. The van der Waals surface area contributed by atoms with Crippen LogP contribution < -0.4 is 5.32 Å². The highest BCUT2D eigenvalue weighted by Gasteiger charge is 2.42. The molecule has 25 heavy (non-hydrogen) atoms. The molecule has 3 rings (SSSR count). The van der Waals surface area contributed by atoms with Crippen molar-refractivity contribution < 1.29 is 18.0 Å². The predicted molar refractivity (Wildman–Crippen MR) is 97.0 cm³/mol. The normalized spacial score (nSPS) is 15.4. The first-order valence-corrected chi connectivity index (χ1v) is 9.75. The van der Waals surface area contributed by atoms with Gasteiger partial charge in [-0.15, -0.1) is 0 Å². The van der Waals surface area contributed by atoms with Crippen LogP contribution >= 0.6 is 15.9 Å². The summed E-state index contributed by atoms with van der Waals surface area (Å²) in [5.41, 5.74) is 0.830. The van der Waals surface area contributed by atoms with Crippen LogP contribution in [-0.4, -0.2) is 30.6 Å². The number of carbonyl (C=O) groups excluding carboxylic acids is 2. The van der Waals surface area contributed by atoms with E-state index in [1.54, 1.807) is 32.0 Å². The molecular weight excluding hydrogens is 408 g/mol. The second kappa shape index (κ2) is 6.27. The van der Waals surface area contributed by atoms with Crippen molar-refractivity contribution in [2.24, 2.45) is 0 Å². The van der Waals surface area contributed by atoms with E-state index in [-0.39, 0.29) is 16.0 Å². The molecule has 0 spiro atoms. The molecule has 2 aromatic carbocycles. The Hall–Kier alpha value is -2.19. The number of amides is 2. The maximum Gasteiger partial charge on any atom is 0.269 e. The summed E-state index contributed by atoms with van der Waals surface area (Å²) in [6.07, 6.45) is 0. The van der Waals surface area contributed by atoms with Gasteiger partial charge in [-0.25, -0.2) is 12.7 Å². The van der Waals surface area contributed by atoms with Gasteiger partial charge >= 0.3 is 0 Å². The maximum atomic E-state index is 12.6.